The van der Waals surface area contributed by atoms with E-state index in [1.165, 1.54) is 11.5 Å². The summed E-state index contributed by atoms with van der Waals surface area (Å²) in [6.45, 7) is 6.62. The summed E-state index contributed by atoms with van der Waals surface area (Å²) >= 11 is 1.24. The van der Waals surface area contributed by atoms with Crippen molar-refractivity contribution in [1.82, 2.24) is 9.27 Å². The van der Waals surface area contributed by atoms with Gasteiger partial charge in [0.1, 0.15) is 0 Å². The maximum Gasteiger partial charge on any atom is 0.197 e. The van der Waals surface area contributed by atoms with Crippen molar-refractivity contribution in [2.24, 2.45) is 0 Å². The van der Waals surface area contributed by atoms with Crippen molar-refractivity contribution in [2.45, 2.75) is 32.5 Å². The third-order valence-corrected chi connectivity index (χ3v) is 3.11. The molecule has 1 aromatic rings. The molecule has 0 aliphatic carbocycles. The number of aliphatic hydroxyl groups is 1. The van der Waals surface area contributed by atoms with Crippen LogP contribution in [0.3, 0.4) is 0 Å². The Kier molecular flexibility index (Phi) is 5.39. The zero-order valence-corrected chi connectivity index (χ0v) is 13.0. The molecule has 0 bridgehead atoms. The van der Waals surface area contributed by atoms with Gasteiger partial charge in [0.15, 0.2) is 16.6 Å². The summed E-state index contributed by atoms with van der Waals surface area (Å²) in [6.07, 6.45) is 0.0292. The molecule has 1 rings (SSSR count). The van der Waals surface area contributed by atoms with Gasteiger partial charge in [-0.25, -0.2) is 0 Å². The largest absolute Gasteiger partial charge is 0.484 e. The molecule has 0 saturated heterocycles. The molecule has 6 nitrogen and oxygen atoms in total. The molecular formula is C12H24N4O2S. The molecular weight excluding hydrogens is 264 g/mol. The lowest BCUT2D eigenvalue weighted by Crippen LogP contribution is -2.42. The lowest BCUT2D eigenvalue weighted by molar-refractivity contribution is 0.0460. The highest BCUT2D eigenvalue weighted by Gasteiger charge is 2.23. The van der Waals surface area contributed by atoms with E-state index in [0.717, 1.165) is 5.00 Å². The number of nitrogens with one attached hydrogen (secondary N) is 1. The number of hydrogen-bond donors (Lipinski definition) is 3. The molecule has 0 amide bonds. The summed E-state index contributed by atoms with van der Waals surface area (Å²) in [6, 6.07) is 0. The highest BCUT2D eigenvalue weighted by molar-refractivity contribution is 7.11. The van der Waals surface area contributed by atoms with Gasteiger partial charge in [0, 0.05) is 13.1 Å². The average molecular weight is 288 g/mol. The molecule has 1 atom stereocenters. The SMILES string of the molecule is CC(C)Oc1c(N)nsc1NCC(C)(O)CN(C)C. The molecule has 0 saturated carbocycles. The van der Waals surface area contributed by atoms with E-state index in [-0.39, 0.29) is 6.10 Å². The fourth-order valence-corrected chi connectivity index (χ4v) is 2.41. The summed E-state index contributed by atoms with van der Waals surface area (Å²) in [5.41, 5.74) is 4.94. The van der Waals surface area contributed by atoms with Crippen LogP contribution in [0.1, 0.15) is 20.8 Å². The van der Waals surface area contributed by atoms with Crippen molar-refractivity contribution in [2.75, 3.05) is 38.2 Å². The first-order valence-electron chi connectivity index (χ1n) is 6.24. The van der Waals surface area contributed by atoms with E-state index in [0.29, 0.717) is 24.7 Å². The zero-order chi connectivity index (χ0) is 14.6. The van der Waals surface area contributed by atoms with Crippen LogP contribution in [0.2, 0.25) is 0 Å². The van der Waals surface area contributed by atoms with Gasteiger partial charge >= 0.3 is 0 Å². The molecule has 1 unspecified atom stereocenters. The van der Waals surface area contributed by atoms with Gasteiger partial charge in [-0.2, -0.15) is 4.37 Å². The van der Waals surface area contributed by atoms with Crippen LogP contribution >= 0.6 is 11.5 Å². The molecule has 4 N–H and O–H groups in total. The number of nitrogens with two attached hydrogens (primary N) is 1. The maximum absolute atomic E-state index is 10.2. The quantitative estimate of drug-likeness (QED) is 0.700. The van der Waals surface area contributed by atoms with E-state index < -0.39 is 5.60 Å². The van der Waals surface area contributed by atoms with Crippen molar-refractivity contribution in [3.63, 3.8) is 0 Å². The molecule has 0 aromatic carbocycles. The zero-order valence-electron chi connectivity index (χ0n) is 12.2. The topological polar surface area (TPSA) is 83.6 Å². The number of ether oxygens (including phenoxy) is 1. The fourth-order valence-electron chi connectivity index (χ4n) is 1.76. The lowest BCUT2D eigenvalue weighted by atomic mass is 10.1. The second-order valence-electron chi connectivity index (χ2n) is 5.48. The van der Waals surface area contributed by atoms with Crippen LogP contribution in [0.15, 0.2) is 0 Å². The van der Waals surface area contributed by atoms with E-state index in [2.05, 4.69) is 9.69 Å². The number of nitrogens with zero attached hydrogens (tertiary/aromatic N) is 2. The Labute approximate surface area is 118 Å². The van der Waals surface area contributed by atoms with Crippen LogP contribution in [-0.2, 0) is 0 Å². The van der Waals surface area contributed by atoms with Crippen LogP contribution in [0.4, 0.5) is 10.8 Å². The number of aromatic nitrogens is 1. The second-order valence-corrected chi connectivity index (χ2v) is 6.25. The van der Waals surface area contributed by atoms with E-state index in [1.54, 1.807) is 6.92 Å². The van der Waals surface area contributed by atoms with Crippen molar-refractivity contribution in [3.05, 3.63) is 0 Å². The average Bonchev–Trinajstić information content (AvgIpc) is 2.55. The minimum Gasteiger partial charge on any atom is -0.484 e. The van der Waals surface area contributed by atoms with E-state index in [1.807, 2.05) is 32.8 Å². The van der Waals surface area contributed by atoms with Crippen molar-refractivity contribution >= 4 is 22.4 Å². The molecule has 0 radical (unpaired) electrons. The summed E-state index contributed by atoms with van der Waals surface area (Å²) in [4.78, 5) is 1.94. The summed E-state index contributed by atoms with van der Waals surface area (Å²) in [5.74, 6) is 0.953. The van der Waals surface area contributed by atoms with Crippen molar-refractivity contribution in [3.8, 4) is 5.75 Å². The standard InChI is InChI=1S/C12H24N4O2S/c1-8(2)18-9-10(13)15-19-11(9)14-6-12(3,17)7-16(4)5/h8,14,17H,6-7H2,1-5H3,(H2,13,15). The van der Waals surface area contributed by atoms with Crippen molar-refractivity contribution in [1.29, 1.82) is 0 Å². The van der Waals surface area contributed by atoms with Crippen molar-refractivity contribution < 1.29 is 9.84 Å². The van der Waals surface area contributed by atoms with Crippen LogP contribution in [0.25, 0.3) is 0 Å². The Morgan fingerprint density at radius 3 is 2.68 bits per heavy atom. The summed E-state index contributed by atoms with van der Waals surface area (Å²) in [5, 5.41) is 14.1. The van der Waals surface area contributed by atoms with Gasteiger partial charge in [0.05, 0.1) is 11.7 Å². The molecule has 110 valence electrons. The first kappa shape index (κ1) is 16.0. The Bertz CT molecular complexity index is 404. The van der Waals surface area contributed by atoms with Crippen LogP contribution in [0, 0.1) is 0 Å². The number of rotatable bonds is 7. The van der Waals surface area contributed by atoms with E-state index >= 15 is 0 Å². The number of likely N-dealkylation sites (N-methyl/N-ethyl adjacent to an activating group) is 1. The Morgan fingerprint density at radius 2 is 2.16 bits per heavy atom. The van der Waals surface area contributed by atoms with Gasteiger partial charge in [0.25, 0.3) is 0 Å². The summed E-state index contributed by atoms with van der Waals surface area (Å²) < 4.78 is 9.70. The van der Waals surface area contributed by atoms with Gasteiger partial charge in [-0.05, 0) is 46.4 Å². The molecule has 7 heteroatoms. The van der Waals surface area contributed by atoms with Gasteiger partial charge in [-0.3, -0.25) is 0 Å². The Hall–Kier alpha value is -1.05. The van der Waals surface area contributed by atoms with Gasteiger partial charge in [0.2, 0.25) is 0 Å². The molecule has 1 aromatic heterocycles. The lowest BCUT2D eigenvalue weighted by Gasteiger charge is -2.27. The highest BCUT2D eigenvalue weighted by Crippen LogP contribution is 2.36. The maximum atomic E-state index is 10.2. The molecule has 1 heterocycles. The fraction of sp³-hybridized carbons (Fsp3) is 0.750. The van der Waals surface area contributed by atoms with Crippen LogP contribution in [0.5, 0.6) is 5.75 Å². The van der Waals surface area contributed by atoms with Gasteiger partial charge in [-0.15, -0.1) is 0 Å². The van der Waals surface area contributed by atoms with Crippen LogP contribution in [-0.4, -0.2) is 53.3 Å². The first-order valence-corrected chi connectivity index (χ1v) is 7.01. The Balaban J connectivity index is 2.67. The van der Waals surface area contributed by atoms with Crippen LogP contribution < -0.4 is 15.8 Å². The molecule has 0 fully saturated rings. The predicted octanol–water partition coefficient (Wildman–Crippen LogP) is 1.24. The predicted molar refractivity (Wildman–Crippen MR) is 80.0 cm³/mol. The highest BCUT2D eigenvalue weighted by atomic mass is 32.1. The molecule has 0 aliphatic heterocycles. The third-order valence-electron chi connectivity index (χ3n) is 2.31. The molecule has 0 aliphatic rings. The number of hydrogen-bond acceptors (Lipinski definition) is 7. The number of anilines is 2. The minimum absolute atomic E-state index is 0.0292. The first-order chi connectivity index (χ1) is 8.71. The van der Waals surface area contributed by atoms with Gasteiger partial charge in [-0.1, -0.05) is 0 Å². The second kappa shape index (κ2) is 6.40. The summed E-state index contributed by atoms with van der Waals surface area (Å²) in [7, 11) is 3.85. The van der Waals surface area contributed by atoms with Gasteiger partial charge < -0.3 is 25.8 Å². The minimum atomic E-state index is -0.836. The third kappa shape index (κ3) is 5.22. The Morgan fingerprint density at radius 1 is 1.53 bits per heavy atom. The number of nitrogen functional groups attached to an aromatic ring is 1. The smallest absolute Gasteiger partial charge is 0.197 e. The van der Waals surface area contributed by atoms with E-state index in [9.17, 15) is 5.11 Å². The normalized spacial score (nSPS) is 14.7. The van der Waals surface area contributed by atoms with E-state index in [4.69, 9.17) is 10.5 Å². The molecule has 0 spiro atoms. The monoisotopic (exact) mass is 288 g/mol. The molecule has 19 heavy (non-hydrogen) atoms.